The molecule has 0 bridgehead atoms. The van der Waals surface area contributed by atoms with Crippen LogP contribution in [0.5, 0.6) is 5.75 Å². The van der Waals surface area contributed by atoms with E-state index in [9.17, 15) is 4.79 Å². The van der Waals surface area contributed by atoms with Crippen molar-refractivity contribution in [3.05, 3.63) is 46.8 Å². The minimum absolute atomic E-state index is 0.0906. The molecule has 130 valence electrons. The van der Waals surface area contributed by atoms with E-state index in [0.717, 1.165) is 10.6 Å². The van der Waals surface area contributed by atoms with Gasteiger partial charge in [-0.3, -0.25) is 9.89 Å². The molecule has 6 nitrogen and oxygen atoms in total. The Labute approximate surface area is 158 Å². The van der Waals surface area contributed by atoms with Crippen molar-refractivity contribution in [2.75, 3.05) is 18.9 Å². The predicted molar refractivity (Wildman–Crippen MR) is 100 cm³/mol. The van der Waals surface area contributed by atoms with Gasteiger partial charge in [0, 0.05) is 5.02 Å². The highest BCUT2D eigenvalue weighted by Crippen LogP contribution is 2.23. The fraction of sp³-hybridized carbons (Fsp3) is 0.188. The van der Waals surface area contributed by atoms with Crippen LogP contribution < -0.4 is 10.1 Å². The summed E-state index contributed by atoms with van der Waals surface area (Å²) in [5.74, 6) is 1.60. The van der Waals surface area contributed by atoms with Crippen molar-refractivity contribution < 1.29 is 9.53 Å². The molecule has 0 spiro atoms. The van der Waals surface area contributed by atoms with Gasteiger partial charge in [0.2, 0.25) is 11.1 Å². The average molecular weight is 395 g/mol. The molecule has 3 aromatic rings. The number of nitrogens with one attached hydrogen (secondary N) is 2. The third kappa shape index (κ3) is 5.48. The number of carbonyl (C=O) groups excluding carboxylic acids is 1. The van der Waals surface area contributed by atoms with Crippen molar-refractivity contribution in [3.8, 4) is 16.5 Å². The molecule has 1 amide bonds. The van der Waals surface area contributed by atoms with E-state index in [0.29, 0.717) is 29.2 Å². The molecule has 0 aliphatic rings. The molecule has 0 atom stereocenters. The van der Waals surface area contributed by atoms with Crippen molar-refractivity contribution in [2.24, 2.45) is 0 Å². The highest BCUT2D eigenvalue weighted by molar-refractivity contribution is 7.99. The monoisotopic (exact) mass is 394 g/mol. The summed E-state index contributed by atoms with van der Waals surface area (Å²) in [6.45, 7) is 0.817. The van der Waals surface area contributed by atoms with Crippen molar-refractivity contribution in [1.82, 2.24) is 20.5 Å². The number of ether oxygens (including phenoxy) is 1. The van der Waals surface area contributed by atoms with Gasteiger partial charge in [0.15, 0.2) is 5.82 Å². The maximum atomic E-state index is 11.8. The molecule has 9 heteroatoms. The van der Waals surface area contributed by atoms with E-state index in [1.54, 1.807) is 35.6 Å². The number of thioether (sulfide) groups is 1. The van der Waals surface area contributed by atoms with Gasteiger partial charge >= 0.3 is 0 Å². The summed E-state index contributed by atoms with van der Waals surface area (Å²) >= 11 is 8.67. The largest absolute Gasteiger partial charge is 0.492 e. The number of halogens is 1. The normalized spacial score (nSPS) is 10.6. The second-order valence-electron chi connectivity index (χ2n) is 4.88. The lowest BCUT2D eigenvalue weighted by Gasteiger charge is -2.07. The molecule has 2 aromatic heterocycles. The van der Waals surface area contributed by atoms with Crippen LogP contribution in [0.4, 0.5) is 0 Å². The molecule has 0 radical (unpaired) electrons. The summed E-state index contributed by atoms with van der Waals surface area (Å²) in [4.78, 5) is 17.2. The molecule has 25 heavy (non-hydrogen) atoms. The molecule has 0 aliphatic heterocycles. The van der Waals surface area contributed by atoms with E-state index in [1.165, 1.54) is 11.8 Å². The Bertz CT molecular complexity index is 806. The first-order chi connectivity index (χ1) is 12.2. The number of aromatic nitrogens is 3. The van der Waals surface area contributed by atoms with E-state index in [-0.39, 0.29) is 11.7 Å². The van der Waals surface area contributed by atoms with Crippen molar-refractivity contribution in [3.63, 3.8) is 0 Å². The fourth-order valence-electron chi connectivity index (χ4n) is 1.91. The Morgan fingerprint density at radius 2 is 2.16 bits per heavy atom. The van der Waals surface area contributed by atoms with Gasteiger partial charge in [-0.05, 0) is 35.7 Å². The molecule has 2 N–H and O–H groups in total. The summed E-state index contributed by atoms with van der Waals surface area (Å²) in [6, 6.07) is 11.0. The van der Waals surface area contributed by atoms with Crippen molar-refractivity contribution in [2.45, 2.75) is 5.16 Å². The van der Waals surface area contributed by atoms with Gasteiger partial charge in [-0.25, -0.2) is 4.98 Å². The SMILES string of the molecule is O=C(CSc1n[nH]c(-c2cccs2)n1)NCCOc1ccc(Cl)cc1. The predicted octanol–water partition coefficient (Wildman–Crippen LogP) is 3.47. The summed E-state index contributed by atoms with van der Waals surface area (Å²) in [6.07, 6.45) is 0. The summed E-state index contributed by atoms with van der Waals surface area (Å²) in [5, 5.41) is 13.0. The number of H-pyrrole nitrogens is 1. The number of aromatic amines is 1. The maximum absolute atomic E-state index is 11.8. The summed E-state index contributed by atoms with van der Waals surface area (Å²) < 4.78 is 5.51. The van der Waals surface area contributed by atoms with Crippen molar-refractivity contribution in [1.29, 1.82) is 0 Å². The first kappa shape index (κ1) is 17.8. The number of carbonyl (C=O) groups is 1. The van der Waals surface area contributed by atoms with Crippen LogP contribution in [0.2, 0.25) is 5.02 Å². The molecule has 0 fully saturated rings. The average Bonchev–Trinajstić information content (AvgIpc) is 3.29. The van der Waals surface area contributed by atoms with E-state index >= 15 is 0 Å². The van der Waals surface area contributed by atoms with Crippen LogP contribution in [-0.2, 0) is 4.79 Å². The number of hydrogen-bond acceptors (Lipinski definition) is 6. The van der Waals surface area contributed by atoms with Crippen LogP contribution in [0, 0.1) is 0 Å². The van der Waals surface area contributed by atoms with Gasteiger partial charge in [-0.1, -0.05) is 29.4 Å². The zero-order valence-electron chi connectivity index (χ0n) is 13.1. The van der Waals surface area contributed by atoms with Crippen LogP contribution in [-0.4, -0.2) is 40.0 Å². The number of amides is 1. The second-order valence-corrected chi connectivity index (χ2v) is 7.21. The van der Waals surface area contributed by atoms with Gasteiger partial charge in [0.25, 0.3) is 0 Å². The van der Waals surface area contributed by atoms with Crippen LogP contribution in [0.15, 0.2) is 46.9 Å². The lowest BCUT2D eigenvalue weighted by atomic mass is 10.3. The number of benzene rings is 1. The van der Waals surface area contributed by atoms with E-state index in [1.807, 2.05) is 17.5 Å². The second kappa shape index (κ2) is 8.89. The van der Waals surface area contributed by atoms with E-state index in [4.69, 9.17) is 16.3 Å². The Morgan fingerprint density at radius 1 is 1.32 bits per heavy atom. The van der Waals surface area contributed by atoms with E-state index < -0.39 is 0 Å². The first-order valence-electron chi connectivity index (χ1n) is 7.45. The van der Waals surface area contributed by atoms with E-state index in [2.05, 4.69) is 20.5 Å². The van der Waals surface area contributed by atoms with Gasteiger partial charge in [-0.15, -0.1) is 16.4 Å². The minimum Gasteiger partial charge on any atom is -0.492 e. The quantitative estimate of drug-likeness (QED) is 0.451. The van der Waals surface area contributed by atoms with Crippen LogP contribution in [0.1, 0.15) is 0 Å². The molecule has 1 aromatic carbocycles. The molecular formula is C16H15ClN4O2S2. The van der Waals surface area contributed by atoms with Gasteiger partial charge in [0.1, 0.15) is 12.4 Å². The van der Waals surface area contributed by atoms with Crippen molar-refractivity contribution >= 4 is 40.6 Å². The van der Waals surface area contributed by atoms with Crippen LogP contribution in [0.25, 0.3) is 10.7 Å². The van der Waals surface area contributed by atoms with Crippen LogP contribution in [0.3, 0.4) is 0 Å². The number of nitrogens with zero attached hydrogens (tertiary/aromatic N) is 2. The lowest BCUT2D eigenvalue weighted by molar-refractivity contribution is -0.118. The highest BCUT2D eigenvalue weighted by atomic mass is 35.5. The summed E-state index contributed by atoms with van der Waals surface area (Å²) in [5.41, 5.74) is 0. The Kier molecular flexibility index (Phi) is 6.32. The zero-order valence-corrected chi connectivity index (χ0v) is 15.5. The molecule has 0 saturated carbocycles. The fourth-order valence-corrected chi connectivity index (χ4v) is 3.32. The third-order valence-electron chi connectivity index (χ3n) is 3.06. The Balaban J connectivity index is 1.35. The molecular weight excluding hydrogens is 380 g/mol. The number of thiophene rings is 1. The number of rotatable bonds is 8. The smallest absolute Gasteiger partial charge is 0.230 e. The molecule has 0 aliphatic carbocycles. The standard InChI is InChI=1S/C16H15ClN4O2S2/c17-11-3-5-12(6-4-11)23-8-7-18-14(22)10-25-16-19-15(20-21-16)13-2-1-9-24-13/h1-6,9H,7-8,10H2,(H,18,22)(H,19,20,21). The first-order valence-corrected chi connectivity index (χ1v) is 9.69. The lowest BCUT2D eigenvalue weighted by Crippen LogP contribution is -2.29. The van der Waals surface area contributed by atoms with Gasteiger partial charge in [0.05, 0.1) is 17.2 Å². The molecule has 0 unspecified atom stereocenters. The third-order valence-corrected chi connectivity index (χ3v) is 5.03. The van der Waals surface area contributed by atoms with Gasteiger partial charge < -0.3 is 10.1 Å². The highest BCUT2D eigenvalue weighted by Gasteiger charge is 2.09. The zero-order chi connectivity index (χ0) is 17.5. The minimum atomic E-state index is -0.0906. The Hall–Kier alpha value is -2.03. The molecule has 0 saturated heterocycles. The topological polar surface area (TPSA) is 79.9 Å². The van der Waals surface area contributed by atoms with Crippen LogP contribution >= 0.6 is 34.7 Å². The molecule has 3 rings (SSSR count). The summed E-state index contributed by atoms with van der Waals surface area (Å²) in [7, 11) is 0. The molecule has 2 heterocycles. The maximum Gasteiger partial charge on any atom is 0.230 e. The number of hydrogen-bond donors (Lipinski definition) is 2. The Morgan fingerprint density at radius 3 is 2.92 bits per heavy atom. The van der Waals surface area contributed by atoms with Gasteiger partial charge in [-0.2, -0.15) is 0 Å².